The lowest BCUT2D eigenvalue weighted by molar-refractivity contribution is -0.118. The Kier molecular flexibility index (Phi) is 6.59. The molecule has 3 N–H and O–H groups in total. The predicted octanol–water partition coefficient (Wildman–Crippen LogP) is -0.0893. The van der Waals surface area contributed by atoms with Crippen molar-refractivity contribution in [3.8, 4) is 0 Å². The topological polar surface area (TPSA) is 89.3 Å². The second kappa shape index (κ2) is 6.85. The van der Waals surface area contributed by atoms with Gasteiger partial charge in [0, 0.05) is 12.6 Å². The van der Waals surface area contributed by atoms with E-state index in [0.29, 0.717) is 13.0 Å². The summed E-state index contributed by atoms with van der Waals surface area (Å²) >= 11 is 0. The van der Waals surface area contributed by atoms with Crippen LogP contribution in [0, 0.1) is 5.92 Å². The van der Waals surface area contributed by atoms with Crippen LogP contribution in [0.4, 0.5) is 0 Å². The number of amides is 1. The van der Waals surface area contributed by atoms with E-state index in [9.17, 15) is 13.2 Å². The van der Waals surface area contributed by atoms with Crippen LogP contribution in [-0.2, 0) is 14.6 Å². The molecule has 0 heterocycles. The fourth-order valence-corrected chi connectivity index (χ4v) is 2.89. The van der Waals surface area contributed by atoms with Crippen molar-refractivity contribution in [2.45, 2.75) is 33.2 Å². The molecule has 16 heavy (non-hydrogen) atoms. The van der Waals surface area contributed by atoms with E-state index < -0.39 is 21.5 Å². The van der Waals surface area contributed by atoms with Crippen molar-refractivity contribution in [1.29, 1.82) is 0 Å². The van der Waals surface area contributed by atoms with Gasteiger partial charge in [0.15, 0.2) is 9.84 Å². The molecule has 0 saturated heterocycles. The number of rotatable bonds is 7. The molecule has 0 aromatic carbocycles. The van der Waals surface area contributed by atoms with Crippen LogP contribution >= 0.6 is 0 Å². The maximum Gasteiger partial charge on any atom is 0.235 e. The van der Waals surface area contributed by atoms with Crippen molar-refractivity contribution in [2.75, 3.05) is 18.1 Å². The van der Waals surface area contributed by atoms with Gasteiger partial charge in [-0.15, -0.1) is 0 Å². The van der Waals surface area contributed by atoms with Crippen LogP contribution in [0.1, 0.15) is 27.2 Å². The molecule has 0 aromatic heterocycles. The number of nitrogens with one attached hydrogen (secondary N) is 1. The highest BCUT2D eigenvalue weighted by atomic mass is 32.2. The lowest BCUT2D eigenvalue weighted by Crippen LogP contribution is -2.34. The van der Waals surface area contributed by atoms with Crippen LogP contribution in [0.5, 0.6) is 0 Å². The minimum Gasteiger partial charge on any atom is -0.355 e. The summed E-state index contributed by atoms with van der Waals surface area (Å²) in [6.07, 6.45) is 0.649. The van der Waals surface area contributed by atoms with Gasteiger partial charge < -0.3 is 11.1 Å². The first kappa shape index (κ1) is 15.4. The summed E-state index contributed by atoms with van der Waals surface area (Å²) in [6.45, 7) is 5.88. The molecule has 1 amide bonds. The van der Waals surface area contributed by atoms with E-state index >= 15 is 0 Å². The van der Waals surface area contributed by atoms with E-state index in [0.717, 1.165) is 0 Å². The number of hydrogen-bond donors (Lipinski definition) is 2. The summed E-state index contributed by atoms with van der Waals surface area (Å²) in [5.41, 5.74) is 5.50. The highest BCUT2D eigenvalue weighted by Gasteiger charge is 2.17. The molecule has 0 fully saturated rings. The molecule has 0 aliphatic heterocycles. The lowest BCUT2D eigenvalue weighted by Gasteiger charge is -2.09. The Labute approximate surface area is 97.7 Å². The molecule has 0 rings (SSSR count). The molecule has 0 aliphatic rings. The van der Waals surface area contributed by atoms with Crippen molar-refractivity contribution in [3.63, 3.8) is 0 Å². The van der Waals surface area contributed by atoms with Gasteiger partial charge in [-0.05, 0) is 19.3 Å². The van der Waals surface area contributed by atoms with E-state index in [1.165, 1.54) is 0 Å². The number of carbonyl (C=O) groups excluding carboxylic acids is 1. The Morgan fingerprint density at radius 2 is 1.88 bits per heavy atom. The third kappa shape index (κ3) is 8.67. The van der Waals surface area contributed by atoms with Crippen LogP contribution < -0.4 is 11.1 Å². The first-order valence-corrected chi connectivity index (χ1v) is 7.28. The van der Waals surface area contributed by atoms with Gasteiger partial charge in [0.05, 0.1) is 5.75 Å². The summed E-state index contributed by atoms with van der Waals surface area (Å²) in [7, 11) is -3.27. The second-order valence-electron chi connectivity index (χ2n) is 4.56. The molecule has 0 saturated carbocycles. The standard InChI is InChI=1S/C10H22N2O3S/c1-8(2)6-16(14,15)7-10(13)12-5-4-9(3)11/h8-9H,4-7,11H2,1-3H3,(H,12,13). The fraction of sp³-hybridized carbons (Fsp3) is 0.900. The smallest absolute Gasteiger partial charge is 0.235 e. The molecule has 6 heteroatoms. The Morgan fingerprint density at radius 3 is 2.31 bits per heavy atom. The highest BCUT2D eigenvalue weighted by molar-refractivity contribution is 7.92. The second-order valence-corrected chi connectivity index (χ2v) is 6.67. The number of sulfone groups is 1. The van der Waals surface area contributed by atoms with Crippen molar-refractivity contribution >= 4 is 15.7 Å². The fourth-order valence-electron chi connectivity index (χ4n) is 1.26. The van der Waals surface area contributed by atoms with Crippen molar-refractivity contribution in [2.24, 2.45) is 11.7 Å². The van der Waals surface area contributed by atoms with Crippen LogP contribution in [0.2, 0.25) is 0 Å². The van der Waals surface area contributed by atoms with Crippen LogP contribution in [-0.4, -0.2) is 38.4 Å². The zero-order chi connectivity index (χ0) is 12.8. The molecule has 0 aromatic rings. The van der Waals surface area contributed by atoms with Gasteiger partial charge in [-0.2, -0.15) is 0 Å². The third-order valence-electron chi connectivity index (χ3n) is 1.86. The molecule has 1 atom stereocenters. The molecule has 0 bridgehead atoms. The molecule has 0 aliphatic carbocycles. The average Bonchev–Trinajstić information content (AvgIpc) is 1.98. The SMILES string of the molecule is CC(C)CS(=O)(=O)CC(=O)NCCC(C)N. The minimum atomic E-state index is -3.27. The average molecular weight is 250 g/mol. The minimum absolute atomic E-state index is 0.00701. The Hall–Kier alpha value is -0.620. The maximum absolute atomic E-state index is 11.5. The van der Waals surface area contributed by atoms with E-state index in [2.05, 4.69) is 5.32 Å². The van der Waals surface area contributed by atoms with Gasteiger partial charge in [0.1, 0.15) is 5.75 Å². The molecule has 5 nitrogen and oxygen atoms in total. The van der Waals surface area contributed by atoms with Crippen LogP contribution in [0.15, 0.2) is 0 Å². The Balaban J connectivity index is 3.95. The zero-order valence-corrected chi connectivity index (χ0v) is 11.0. The van der Waals surface area contributed by atoms with Gasteiger partial charge in [-0.1, -0.05) is 13.8 Å². The molecule has 1 unspecified atom stereocenters. The molecule has 96 valence electrons. The maximum atomic E-state index is 11.5. The zero-order valence-electron chi connectivity index (χ0n) is 10.2. The Bertz CT molecular complexity index is 310. The van der Waals surface area contributed by atoms with Gasteiger partial charge in [0.2, 0.25) is 5.91 Å². The van der Waals surface area contributed by atoms with Crippen LogP contribution in [0.3, 0.4) is 0 Å². The van der Waals surface area contributed by atoms with Gasteiger partial charge >= 0.3 is 0 Å². The van der Waals surface area contributed by atoms with Crippen molar-refractivity contribution < 1.29 is 13.2 Å². The Morgan fingerprint density at radius 1 is 1.31 bits per heavy atom. The van der Waals surface area contributed by atoms with Crippen LogP contribution in [0.25, 0.3) is 0 Å². The van der Waals surface area contributed by atoms with Gasteiger partial charge in [0.25, 0.3) is 0 Å². The van der Waals surface area contributed by atoms with E-state index in [-0.39, 0.29) is 17.7 Å². The van der Waals surface area contributed by atoms with E-state index in [1.54, 1.807) is 0 Å². The monoisotopic (exact) mass is 250 g/mol. The first-order valence-electron chi connectivity index (χ1n) is 5.45. The van der Waals surface area contributed by atoms with Crippen molar-refractivity contribution in [1.82, 2.24) is 5.32 Å². The predicted molar refractivity (Wildman–Crippen MR) is 64.8 cm³/mol. The largest absolute Gasteiger partial charge is 0.355 e. The number of carbonyl (C=O) groups is 1. The molecular formula is C10H22N2O3S. The van der Waals surface area contributed by atoms with Gasteiger partial charge in [-0.25, -0.2) is 8.42 Å². The van der Waals surface area contributed by atoms with Gasteiger partial charge in [-0.3, -0.25) is 4.79 Å². The number of nitrogens with two attached hydrogens (primary N) is 1. The third-order valence-corrected chi connectivity index (χ3v) is 3.74. The molecular weight excluding hydrogens is 228 g/mol. The lowest BCUT2D eigenvalue weighted by atomic mass is 10.2. The summed E-state index contributed by atoms with van der Waals surface area (Å²) in [6, 6.07) is 0.00701. The molecule has 0 spiro atoms. The normalized spacial score (nSPS) is 13.8. The summed E-state index contributed by atoms with van der Waals surface area (Å²) < 4.78 is 22.9. The molecule has 0 radical (unpaired) electrons. The van der Waals surface area contributed by atoms with E-state index in [4.69, 9.17) is 5.73 Å². The van der Waals surface area contributed by atoms with E-state index in [1.807, 2.05) is 20.8 Å². The van der Waals surface area contributed by atoms with Crippen molar-refractivity contribution in [3.05, 3.63) is 0 Å². The summed E-state index contributed by atoms with van der Waals surface area (Å²) in [5, 5.41) is 2.55. The summed E-state index contributed by atoms with van der Waals surface area (Å²) in [4.78, 5) is 11.3. The number of hydrogen-bond acceptors (Lipinski definition) is 4. The first-order chi connectivity index (χ1) is 7.23. The highest BCUT2D eigenvalue weighted by Crippen LogP contribution is 2.00. The summed E-state index contributed by atoms with van der Waals surface area (Å²) in [5.74, 6) is -0.777. The quantitative estimate of drug-likeness (QED) is 0.661.